The van der Waals surface area contributed by atoms with Crippen LogP contribution in [0.2, 0.25) is 23.2 Å². The number of carboxylic acid groups (broad SMARTS) is 6. The van der Waals surface area contributed by atoms with E-state index in [1.807, 2.05) is 22.4 Å². The van der Waals surface area contributed by atoms with Crippen LogP contribution in [-0.2, 0) is 69.0 Å². The molecule has 6 N–H and O–H groups in total. The Balaban J connectivity index is 4.38. The highest BCUT2D eigenvalue weighted by atomic mass is 127. The molecule has 1 aliphatic rings. The Kier molecular flexibility index (Phi) is 31.1. The molecule has 0 bridgehead atoms. The summed E-state index contributed by atoms with van der Waals surface area (Å²) in [6.45, 7) is 15.0. The van der Waals surface area contributed by atoms with Crippen LogP contribution < -0.4 is 0 Å². The molecule has 0 aromatic heterocycles. The number of imide groups is 1. The van der Waals surface area contributed by atoms with E-state index in [-0.39, 0.29) is 72.6 Å². The van der Waals surface area contributed by atoms with Gasteiger partial charge in [-0.2, -0.15) is 22.4 Å². The van der Waals surface area contributed by atoms with Gasteiger partial charge in [0.2, 0.25) is 16.7 Å². The molecule has 76 heavy (non-hydrogen) atoms. The number of nitrogens with zero attached hydrogens (tertiary/aromatic N) is 1. The fraction of sp³-hybridized carbons (Fsp3) is 0.822. The van der Waals surface area contributed by atoms with Gasteiger partial charge in [0, 0.05) is 75.9 Å². The Labute approximate surface area is 482 Å². The van der Waals surface area contributed by atoms with Gasteiger partial charge in [0.1, 0.15) is 7.57 Å². The maximum atomic E-state index is 14.5. The molecule has 3 radical (unpaired) electrons. The minimum absolute atomic E-state index is 0.0146. The minimum Gasteiger partial charge on any atom is -0.481 e. The molecule has 1 fully saturated rings. The third kappa shape index (κ3) is 16.9. The van der Waals surface area contributed by atoms with Gasteiger partial charge in [-0.15, -0.1) is 8.46 Å². The average molecular weight is 1390 g/mol. The van der Waals surface area contributed by atoms with Crippen LogP contribution in [-0.4, -0.2) is 180 Å². The fourth-order valence-electron chi connectivity index (χ4n) is 11.4. The van der Waals surface area contributed by atoms with E-state index >= 15 is 0 Å². The van der Waals surface area contributed by atoms with Crippen LogP contribution in [0.4, 0.5) is 0 Å². The van der Waals surface area contributed by atoms with E-state index < -0.39 is 161 Å². The monoisotopic (exact) mass is 1390 g/mol. The largest absolute Gasteiger partial charge is 0.500 e. The number of hydrogen-bond acceptors (Lipinski definition) is 15. The first-order valence-corrected chi connectivity index (χ1v) is 37.6. The number of hydrogen-bond donors (Lipinski definition) is 6. The van der Waals surface area contributed by atoms with Gasteiger partial charge in [-0.25, -0.2) is 0 Å². The first-order valence-electron chi connectivity index (χ1n) is 25.3. The Morgan fingerprint density at radius 3 is 1.58 bits per heavy atom. The number of carbonyl (C=O) groups excluding carboxylic acids is 2. The van der Waals surface area contributed by atoms with Crippen molar-refractivity contribution in [2.75, 3.05) is 47.7 Å². The van der Waals surface area contributed by atoms with Crippen molar-refractivity contribution in [3.8, 4) is 0 Å². The Bertz CT molecular complexity index is 1970. The Morgan fingerprint density at radius 2 is 1.21 bits per heavy atom. The lowest BCUT2D eigenvalue weighted by molar-refractivity contribution is -0.158. The van der Waals surface area contributed by atoms with Gasteiger partial charge in [0.15, 0.2) is 0 Å². The van der Waals surface area contributed by atoms with Crippen molar-refractivity contribution in [2.24, 2.45) is 47.3 Å². The summed E-state index contributed by atoms with van der Waals surface area (Å²) in [7, 11) is -1.81. The molecule has 0 aliphatic carbocycles. The molecule has 2 amide bonds. The van der Waals surface area contributed by atoms with Crippen molar-refractivity contribution in [2.45, 2.75) is 141 Å². The van der Waals surface area contributed by atoms with Gasteiger partial charge in [0.25, 0.3) is 0 Å². The summed E-state index contributed by atoms with van der Waals surface area (Å²) < 4.78 is 43.7. The van der Waals surface area contributed by atoms with E-state index in [1.165, 1.54) is 28.3 Å². The summed E-state index contributed by atoms with van der Waals surface area (Å²) in [5.74, 6) is -23.4. The van der Waals surface area contributed by atoms with Gasteiger partial charge >= 0.3 is 62.0 Å². The van der Waals surface area contributed by atoms with Crippen LogP contribution in [0.25, 0.3) is 0 Å². The number of amides is 2. The van der Waals surface area contributed by atoms with Crippen LogP contribution in [0, 0.1) is 47.3 Å². The van der Waals surface area contributed by atoms with Crippen molar-refractivity contribution < 1.29 is 99.7 Å². The highest BCUT2D eigenvalue weighted by Gasteiger charge is 2.66. The van der Waals surface area contributed by atoms with Gasteiger partial charge in [-0.3, -0.25) is 43.3 Å². The van der Waals surface area contributed by atoms with Crippen molar-refractivity contribution >= 4 is 145 Å². The quantitative estimate of drug-likeness (QED) is 0.0150. The molecule has 0 aromatic carbocycles. The second-order valence-electron chi connectivity index (χ2n) is 19.4. The molecule has 433 valence electrons. The number of rotatable bonds is 41. The average Bonchev–Trinajstić information content (AvgIpc) is 3.55. The molecule has 0 saturated carbocycles. The summed E-state index contributed by atoms with van der Waals surface area (Å²) in [6, 6.07) is 0.237. The zero-order valence-electron chi connectivity index (χ0n) is 45.9. The van der Waals surface area contributed by atoms with Crippen LogP contribution >= 0.6 is 58.3 Å². The number of likely N-dealkylation sites (tertiary alicyclic amines) is 1. The third-order valence-electron chi connectivity index (χ3n) is 15.0. The SMILES string of the molecule is [B]P(I)C(C)(CC(C(=O)O)C(C(=O)O)C(CC)[Si](CCC)(OCC)O[Si](OCC)(OCC)C(CC)C(C(=O)O)C(CC(C)(P[B]I)C1C(=O)N(CCC[Si](OC)(OC)OC)C(=O)C1C)C(=O)O)C(C(=O)O)C(C)C(=O)O. The van der Waals surface area contributed by atoms with E-state index in [9.17, 15) is 69.0 Å². The zero-order chi connectivity index (χ0) is 58.9. The first kappa shape index (κ1) is 72.8. The van der Waals surface area contributed by atoms with Gasteiger partial charge in [0.05, 0.1) is 41.4 Å². The number of halogens is 2. The summed E-state index contributed by atoms with van der Waals surface area (Å²) in [5.41, 5.74) is -4.77. The molecule has 0 aromatic rings. The summed E-state index contributed by atoms with van der Waals surface area (Å²) in [6.07, 6.45) is -0.879. The topological polar surface area (TPSA) is 326 Å². The molecule has 22 nitrogen and oxygen atoms in total. The molecule has 15 atom stereocenters. The summed E-state index contributed by atoms with van der Waals surface area (Å²) in [5, 5.41) is 62.5. The van der Waals surface area contributed by atoms with E-state index in [0.717, 1.165) is 11.8 Å². The predicted octanol–water partition coefficient (Wildman–Crippen LogP) is 7.44. The summed E-state index contributed by atoms with van der Waals surface area (Å²) >= 11 is 3.72. The molecule has 1 aliphatic heterocycles. The number of carbonyl (C=O) groups is 8. The molecular weight excluding hydrogens is 1310 g/mol. The lowest BCUT2D eigenvalue weighted by Crippen LogP contribution is -2.65. The standard InChI is InChI=1S/C45H80B2I2NO21P2Si3/c1-14-22-74(68-17-4,30(15-2)32(41(59)60)29(40(57)58)25-45(10,73(46)49)35(43(63)64)27(8)38(53)54)71-76(69-18-5,70-19-6)31(16-3)33(42(61)62)28(39(55)56)24-44(9,72-47-48)34-26(7)36(51)50(37(34)52)21-20-23-75(65-11,66-12)67-13/h26-35,72H,14-25H2,1-13H3,(H,53,54)(H,55,56)(H,57,58)(H,59,60)(H,61,62)(H,63,64). The number of aliphatic carboxylic acids is 6. The highest BCUT2D eigenvalue weighted by Crippen LogP contribution is 2.62. The van der Waals surface area contributed by atoms with E-state index in [4.69, 9.17) is 38.2 Å². The summed E-state index contributed by atoms with van der Waals surface area (Å²) in [4.78, 5) is 112. The van der Waals surface area contributed by atoms with E-state index in [2.05, 4.69) is 0 Å². The van der Waals surface area contributed by atoms with Crippen LogP contribution in [0.3, 0.4) is 0 Å². The van der Waals surface area contributed by atoms with Gasteiger partial charge in [-0.05, 0) is 57.7 Å². The molecule has 1 saturated heterocycles. The van der Waals surface area contributed by atoms with Crippen molar-refractivity contribution in [3.63, 3.8) is 0 Å². The zero-order valence-corrected chi connectivity index (χ0v) is 55.1. The molecule has 31 heteroatoms. The van der Waals surface area contributed by atoms with Gasteiger partial charge in [-0.1, -0.05) is 88.8 Å². The minimum atomic E-state index is -4.80. The smallest absolute Gasteiger partial charge is 0.481 e. The Hall–Kier alpha value is -1.22. The van der Waals surface area contributed by atoms with Crippen molar-refractivity contribution in [1.29, 1.82) is 0 Å². The molecular formula is C45H80B2I2NO21P2Si3. The second-order valence-corrected chi connectivity index (χ2v) is 37.3. The van der Waals surface area contributed by atoms with Gasteiger partial charge < -0.3 is 61.3 Å². The lowest BCUT2D eigenvalue weighted by atomic mass is 9.74. The fourth-order valence-corrected chi connectivity index (χ4v) is 29.2. The molecule has 1 rings (SSSR count). The molecule has 1 heterocycles. The normalized spacial score (nSPS) is 21.5. The highest BCUT2D eigenvalue weighted by molar-refractivity contribution is 14.2. The van der Waals surface area contributed by atoms with Crippen LogP contribution in [0.5, 0.6) is 0 Å². The third-order valence-corrected chi connectivity index (χ3v) is 34.2. The Morgan fingerprint density at radius 1 is 0.737 bits per heavy atom. The molecule has 15 unspecified atom stereocenters. The maximum Gasteiger partial charge on any atom is 0.500 e. The second kappa shape index (κ2) is 32.4. The van der Waals surface area contributed by atoms with Crippen LogP contribution in [0.1, 0.15) is 108 Å². The van der Waals surface area contributed by atoms with Crippen molar-refractivity contribution in [3.05, 3.63) is 0 Å². The van der Waals surface area contributed by atoms with Crippen LogP contribution in [0.15, 0.2) is 0 Å². The predicted molar refractivity (Wildman–Crippen MR) is 309 cm³/mol. The number of carboxylic acids is 6. The molecule has 0 spiro atoms. The lowest BCUT2D eigenvalue weighted by Gasteiger charge is -2.49. The maximum absolute atomic E-state index is 14.5. The van der Waals surface area contributed by atoms with Crippen molar-refractivity contribution in [1.82, 2.24) is 4.90 Å². The van der Waals surface area contributed by atoms with E-state index in [1.54, 1.807) is 82.3 Å². The van der Waals surface area contributed by atoms with E-state index in [0.29, 0.717) is 0 Å². The first-order chi connectivity index (χ1) is 35.4.